The third kappa shape index (κ3) is 5.36. The Morgan fingerprint density at radius 2 is 1.64 bits per heavy atom. The Hall–Kier alpha value is -4.59. The maximum atomic E-state index is 13.6. The first kappa shape index (κ1) is 27.4. The Balaban J connectivity index is 1.96. The van der Waals surface area contributed by atoms with Gasteiger partial charge in [-0.05, 0) is 52.9 Å². The molecule has 0 bridgehead atoms. The van der Waals surface area contributed by atoms with Crippen molar-refractivity contribution in [1.82, 2.24) is 0 Å². The molecule has 2 amide bonds. The molecule has 1 aliphatic heterocycles. The lowest BCUT2D eigenvalue weighted by Gasteiger charge is -2.27. The van der Waals surface area contributed by atoms with Crippen LogP contribution in [0.4, 0.5) is 11.4 Å². The van der Waals surface area contributed by atoms with Crippen LogP contribution in [0.15, 0.2) is 72.3 Å². The first-order valence-corrected chi connectivity index (χ1v) is 12.5. The molecule has 0 radical (unpaired) electrons. The van der Waals surface area contributed by atoms with Crippen molar-refractivity contribution in [3.05, 3.63) is 89.0 Å². The van der Waals surface area contributed by atoms with Crippen molar-refractivity contribution in [3.8, 4) is 11.5 Å². The highest BCUT2D eigenvalue weighted by Crippen LogP contribution is 2.44. The fourth-order valence-electron chi connectivity index (χ4n) is 4.66. The molecule has 3 aromatic rings. The second-order valence-corrected chi connectivity index (χ2v) is 10.3. The predicted molar refractivity (Wildman–Crippen MR) is 150 cm³/mol. The van der Waals surface area contributed by atoms with Gasteiger partial charge in [0, 0.05) is 18.3 Å². The molecule has 1 saturated heterocycles. The van der Waals surface area contributed by atoms with Crippen molar-refractivity contribution in [1.29, 1.82) is 0 Å². The number of aliphatic hydroxyl groups excluding tert-OH is 1. The van der Waals surface area contributed by atoms with Crippen molar-refractivity contribution < 1.29 is 29.0 Å². The van der Waals surface area contributed by atoms with Gasteiger partial charge in [0.25, 0.3) is 11.7 Å². The van der Waals surface area contributed by atoms with Gasteiger partial charge in [-0.1, -0.05) is 51.1 Å². The number of aliphatic hydroxyl groups is 1. The number of carbonyl (C=O) groups is 3. The summed E-state index contributed by atoms with van der Waals surface area (Å²) in [6.45, 7) is 7.67. The van der Waals surface area contributed by atoms with Gasteiger partial charge in [-0.3, -0.25) is 19.3 Å². The number of hydrogen-bond acceptors (Lipinski definition) is 6. The van der Waals surface area contributed by atoms with Crippen LogP contribution in [0.1, 0.15) is 50.4 Å². The molecule has 1 heterocycles. The van der Waals surface area contributed by atoms with Gasteiger partial charge in [-0.25, -0.2) is 0 Å². The van der Waals surface area contributed by atoms with Gasteiger partial charge in [0.1, 0.15) is 17.3 Å². The van der Waals surface area contributed by atoms with Crippen LogP contribution in [-0.2, 0) is 19.8 Å². The highest BCUT2D eigenvalue weighted by Gasteiger charge is 2.47. The summed E-state index contributed by atoms with van der Waals surface area (Å²) in [5.74, 6) is -1.53. The summed E-state index contributed by atoms with van der Waals surface area (Å²) < 4.78 is 10.8. The molecule has 4 rings (SSSR count). The molecular weight excluding hydrogens is 496 g/mol. The average molecular weight is 529 g/mol. The number of Topliss-reactive ketones (excluding diaryl/α,β-unsaturated/α-hetero) is 1. The standard InChI is InChI=1S/C31H32N2O6/c1-18(34)32-21-8-7-9-22(16-21)33-27(19-10-12-20(13-11-19)31(2,3)4)26(29(36)30(33)37)28(35)24-17-23(38-5)14-15-25(24)39-6/h7-17,27,35H,1-6H3,(H,32,34)/b28-26+. The Kier molecular flexibility index (Phi) is 7.49. The van der Waals surface area contributed by atoms with Crippen molar-refractivity contribution in [3.63, 3.8) is 0 Å². The van der Waals surface area contributed by atoms with E-state index in [9.17, 15) is 19.5 Å². The van der Waals surface area contributed by atoms with E-state index in [0.29, 0.717) is 28.4 Å². The molecule has 1 fully saturated rings. The normalized spacial score (nSPS) is 16.8. The van der Waals surface area contributed by atoms with Crippen molar-refractivity contribution in [2.45, 2.75) is 39.2 Å². The van der Waals surface area contributed by atoms with Gasteiger partial charge >= 0.3 is 0 Å². The quantitative estimate of drug-likeness (QED) is 0.246. The number of nitrogens with zero attached hydrogens (tertiary/aromatic N) is 1. The van der Waals surface area contributed by atoms with Gasteiger partial charge in [0.15, 0.2) is 0 Å². The summed E-state index contributed by atoms with van der Waals surface area (Å²) in [5, 5.41) is 14.3. The maximum Gasteiger partial charge on any atom is 0.300 e. The number of carbonyl (C=O) groups excluding carboxylic acids is 3. The average Bonchev–Trinajstić information content (AvgIpc) is 3.17. The highest BCUT2D eigenvalue weighted by molar-refractivity contribution is 6.51. The van der Waals surface area contributed by atoms with E-state index in [-0.39, 0.29) is 28.2 Å². The summed E-state index contributed by atoms with van der Waals surface area (Å²) in [4.78, 5) is 40.1. The first-order valence-electron chi connectivity index (χ1n) is 12.5. The van der Waals surface area contributed by atoms with E-state index in [2.05, 4.69) is 26.1 Å². The highest BCUT2D eigenvalue weighted by atomic mass is 16.5. The van der Waals surface area contributed by atoms with Gasteiger partial charge < -0.3 is 19.9 Å². The predicted octanol–water partition coefficient (Wildman–Crippen LogP) is 5.59. The van der Waals surface area contributed by atoms with Crippen molar-refractivity contribution in [2.75, 3.05) is 24.4 Å². The Labute approximate surface area is 227 Å². The molecule has 8 nitrogen and oxygen atoms in total. The molecule has 8 heteroatoms. The minimum Gasteiger partial charge on any atom is -0.507 e. The molecule has 3 aromatic carbocycles. The molecule has 1 unspecified atom stereocenters. The van der Waals surface area contributed by atoms with Gasteiger partial charge in [0.05, 0.1) is 31.4 Å². The summed E-state index contributed by atoms with van der Waals surface area (Å²) >= 11 is 0. The molecule has 1 atom stereocenters. The molecule has 39 heavy (non-hydrogen) atoms. The smallest absolute Gasteiger partial charge is 0.300 e. The number of anilines is 2. The second kappa shape index (κ2) is 10.6. The van der Waals surface area contributed by atoms with Gasteiger partial charge in [0.2, 0.25) is 5.91 Å². The van der Waals surface area contributed by atoms with Crippen LogP contribution in [0.5, 0.6) is 11.5 Å². The van der Waals surface area contributed by atoms with Gasteiger partial charge in [-0.15, -0.1) is 0 Å². The lowest BCUT2D eigenvalue weighted by atomic mass is 9.85. The van der Waals surface area contributed by atoms with Crippen LogP contribution in [-0.4, -0.2) is 36.9 Å². The SMILES string of the molecule is COc1ccc(OC)c(/C(O)=C2\C(=O)C(=O)N(c3cccc(NC(C)=O)c3)C2c2ccc(C(C)(C)C)cc2)c1. The zero-order valence-corrected chi connectivity index (χ0v) is 22.9. The molecule has 0 aliphatic carbocycles. The van der Waals surface area contributed by atoms with Crippen LogP contribution in [0.25, 0.3) is 5.76 Å². The van der Waals surface area contributed by atoms with Crippen LogP contribution in [0.2, 0.25) is 0 Å². The number of ether oxygens (including phenoxy) is 2. The number of benzene rings is 3. The molecule has 202 valence electrons. The summed E-state index contributed by atoms with van der Waals surface area (Å²) in [6, 6.07) is 18.2. The summed E-state index contributed by atoms with van der Waals surface area (Å²) in [6.07, 6.45) is 0. The molecule has 2 N–H and O–H groups in total. The minimum atomic E-state index is -0.942. The van der Waals surface area contributed by atoms with Crippen LogP contribution < -0.4 is 19.7 Å². The second-order valence-electron chi connectivity index (χ2n) is 10.3. The zero-order valence-electron chi connectivity index (χ0n) is 22.9. The Bertz CT molecular complexity index is 1470. The number of rotatable bonds is 6. The third-order valence-electron chi connectivity index (χ3n) is 6.64. The zero-order chi connectivity index (χ0) is 28.5. The monoisotopic (exact) mass is 528 g/mol. The lowest BCUT2D eigenvalue weighted by Crippen LogP contribution is -2.29. The number of hydrogen-bond donors (Lipinski definition) is 2. The number of amides is 2. The summed E-state index contributed by atoms with van der Waals surface area (Å²) in [7, 11) is 2.94. The van der Waals surface area contributed by atoms with Crippen LogP contribution >= 0.6 is 0 Å². The number of methoxy groups -OCH3 is 2. The Morgan fingerprint density at radius 1 is 0.949 bits per heavy atom. The van der Waals surface area contributed by atoms with E-state index in [4.69, 9.17) is 9.47 Å². The van der Waals surface area contributed by atoms with Crippen LogP contribution in [0, 0.1) is 0 Å². The third-order valence-corrected chi connectivity index (χ3v) is 6.64. The summed E-state index contributed by atoms with van der Waals surface area (Å²) in [5.41, 5.74) is 2.60. The lowest BCUT2D eigenvalue weighted by molar-refractivity contribution is -0.132. The largest absolute Gasteiger partial charge is 0.507 e. The van der Waals surface area contributed by atoms with E-state index in [1.807, 2.05) is 24.3 Å². The van der Waals surface area contributed by atoms with Crippen molar-refractivity contribution >= 4 is 34.7 Å². The first-order chi connectivity index (χ1) is 18.5. The van der Waals surface area contributed by atoms with Crippen molar-refractivity contribution in [2.24, 2.45) is 0 Å². The van der Waals surface area contributed by atoms with E-state index in [1.165, 1.54) is 26.0 Å². The number of ketones is 1. The minimum absolute atomic E-state index is 0.0833. The maximum absolute atomic E-state index is 13.6. The van der Waals surface area contributed by atoms with E-state index in [1.54, 1.807) is 42.5 Å². The number of nitrogens with one attached hydrogen (secondary N) is 1. The van der Waals surface area contributed by atoms with E-state index >= 15 is 0 Å². The molecular formula is C31H32N2O6. The molecule has 0 saturated carbocycles. The molecule has 0 aromatic heterocycles. The Morgan fingerprint density at radius 3 is 2.23 bits per heavy atom. The van der Waals surface area contributed by atoms with Gasteiger partial charge in [-0.2, -0.15) is 0 Å². The molecule has 1 aliphatic rings. The van der Waals surface area contributed by atoms with E-state index in [0.717, 1.165) is 5.56 Å². The van der Waals surface area contributed by atoms with Crippen LogP contribution in [0.3, 0.4) is 0 Å². The topological polar surface area (TPSA) is 105 Å². The molecule has 0 spiro atoms. The van der Waals surface area contributed by atoms with E-state index < -0.39 is 17.7 Å². The fraction of sp³-hybridized carbons (Fsp3) is 0.258. The fourth-order valence-corrected chi connectivity index (χ4v) is 4.66.